The molecule has 10 heteroatoms. The van der Waals surface area contributed by atoms with Gasteiger partial charge in [0.05, 0.1) is 26.3 Å². The Bertz CT molecular complexity index is 1520. The Hall–Kier alpha value is -4.37. The summed E-state index contributed by atoms with van der Waals surface area (Å²) in [6.45, 7) is 0.424. The molecule has 2 amide bonds. The lowest BCUT2D eigenvalue weighted by Crippen LogP contribution is -2.35. The molecule has 5 rings (SSSR count). The molecule has 0 radical (unpaired) electrons. The number of urea groups is 1. The third-order valence-electron chi connectivity index (χ3n) is 5.98. The molecule has 2 N–H and O–H groups in total. The van der Waals surface area contributed by atoms with Crippen LogP contribution in [0.4, 0.5) is 10.5 Å². The third kappa shape index (κ3) is 5.26. The van der Waals surface area contributed by atoms with Crippen LogP contribution >= 0.6 is 11.6 Å². The number of carbonyl (C=O) groups is 1. The number of halogens is 1. The fraction of sp³-hybridized carbons (Fsp3) is 0.185. The van der Waals surface area contributed by atoms with Gasteiger partial charge in [-0.15, -0.1) is 0 Å². The smallest absolute Gasteiger partial charge is 0.322 e. The van der Waals surface area contributed by atoms with Crippen LogP contribution in [0.25, 0.3) is 10.9 Å². The first-order valence-corrected chi connectivity index (χ1v) is 11.8. The minimum Gasteiger partial charge on any atom is -0.493 e. The third-order valence-corrected chi connectivity index (χ3v) is 6.23. The van der Waals surface area contributed by atoms with Gasteiger partial charge in [0.2, 0.25) is 6.79 Å². The Morgan fingerprint density at radius 1 is 0.973 bits per heavy atom. The van der Waals surface area contributed by atoms with Crippen molar-refractivity contribution in [1.82, 2.24) is 9.88 Å². The Morgan fingerprint density at radius 3 is 2.46 bits per heavy atom. The number of H-pyrrole nitrogens is 1. The molecular weight excluding hydrogens is 498 g/mol. The molecule has 190 valence electrons. The zero-order chi connectivity index (χ0) is 25.9. The van der Waals surface area contributed by atoms with Crippen molar-refractivity contribution >= 4 is 34.2 Å². The second-order valence-corrected chi connectivity index (χ2v) is 8.84. The Morgan fingerprint density at radius 2 is 1.70 bits per heavy atom. The molecule has 1 aromatic heterocycles. The molecule has 2 heterocycles. The van der Waals surface area contributed by atoms with Gasteiger partial charge in [-0.2, -0.15) is 0 Å². The van der Waals surface area contributed by atoms with Gasteiger partial charge in [-0.3, -0.25) is 4.79 Å². The molecule has 0 atom stereocenters. The van der Waals surface area contributed by atoms with Crippen molar-refractivity contribution in [2.24, 2.45) is 0 Å². The lowest BCUT2D eigenvalue weighted by atomic mass is 10.1. The van der Waals surface area contributed by atoms with Crippen molar-refractivity contribution in [3.05, 3.63) is 87.2 Å². The van der Waals surface area contributed by atoms with E-state index in [4.69, 9.17) is 30.5 Å². The number of nitrogens with zero attached hydrogens (tertiary/aromatic N) is 1. The molecule has 0 saturated carbocycles. The van der Waals surface area contributed by atoms with E-state index in [-0.39, 0.29) is 31.5 Å². The van der Waals surface area contributed by atoms with E-state index in [1.54, 1.807) is 60.5 Å². The number of methoxy groups -OCH3 is 2. The van der Waals surface area contributed by atoms with E-state index in [2.05, 4.69) is 10.3 Å². The number of amides is 2. The summed E-state index contributed by atoms with van der Waals surface area (Å²) in [4.78, 5) is 30.8. The van der Waals surface area contributed by atoms with Gasteiger partial charge in [0, 0.05) is 34.3 Å². The number of anilines is 1. The number of ether oxygens (including phenoxy) is 4. The van der Waals surface area contributed by atoms with Crippen molar-refractivity contribution in [2.75, 3.05) is 26.3 Å². The predicted molar refractivity (Wildman–Crippen MR) is 140 cm³/mol. The highest BCUT2D eigenvalue weighted by molar-refractivity contribution is 6.30. The summed E-state index contributed by atoms with van der Waals surface area (Å²) < 4.78 is 21.6. The molecule has 1 aliphatic rings. The van der Waals surface area contributed by atoms with E-state index in [1.165, 1.54) is 7.11 Å². The van der Waals surface area contributed by atoms with Crippen LogP contribution in [0.1, 0.15) is 11.1 Å². The van der Waals surface area contributed by atoms with Gasteiger partial charge in [-0.25, -0.2) is 4.79 Å². The quantitative estimate of drug-likeness (QED) is 0.348. The fourth-order valence-electron chi connectivity index (χ4n) is 4.10. The molecule has 0 aliphatic carbocycles. The van der Waals surface area contributed by atoms with E-state index in [1.807, 2.05) is 12.1 Å². The Kier molecular flexibility index (Phi) is 6.78. The van der Waals surface area contributed by atoms with Crippen molar-refractivity contribution in [3.8, 4) is 23.0 Å². The highest BCUT2D eigenvalue weighted by atomic mass is 35.5. The first-order chi connectivity index (χ1) is 17.9. The van der Waals surface area contributed by atoms with Crippen LogP contribution in [0.3, 0.4) is 0 Å². The molecular formula is C27H24ClN3O6. The molecule has 3 aromatic carbocycles. The van der Waals surface area contributed by atoms with Crippen LogP contribution in [0.2, 0.25) is 5.02 Å². The molecule has 0 bridgehead atoms. The monoisotopic (exact) mass is 521 g/mol. The molecule has 1 aliphatic heterocycles. The van der Waals surface area contributed by atoms with E-state index in [0.29, 0.717) is 44.8 Å². The van der Waals surface area contributed by atoms with Crippen LogP contribution < -0.4 is 29.8 Å². The molecule has 9 nitrogen and oxygen atoms in total. The maximum absolute atomic E-state index is 13.4. The van der Waals surface area contributed by atoms with Gasteiger partial charge in [0.25, 0.3) is 5.56 Å². The predicted octanol–water partition coefficient (Wildman–Crippen LogP) is 5.16. The SMILES string of the molecule is COc1cc2cc(CN(Cc3ccc4c(c3)OCO4)C(=O)Nc3ccc(Cl)cc3)c(=O)[nH]c2cc1OC. The second kappa shape index (κ2) is 10.3. The summed E-state index contributed by atoms with van der Waals surface area (Å²) >= 11 is 5.98. The number of benzene rings is 3. The summed E-state index contributed by atoms with van der Waals surface area (Å²) in [5.74, 6) is 2.30. The Labute approximate surface area is 217 Å². The van der Waals surface area contributed by atoms with Crippen LogP contribution in [0, 0.1) is 0 Å². The molecule has 0 fully saturated rings. The lowest BCUT2D eigenvalue weighted by molar-refractivity contribution is 0.174. The number of pyridine rings is 1. The first-order valence-electron chi connectivity index (χ1n) is 11.4. The number of rotatable bonds is 7. The van der Waals surface area contributed by atoms with Gasteiger partial charge in [0.1, 0.15) is 0 Å². The summed E-state index contributed by atoms with van der Waals surface area (Å²) in [5, 5.41) is 4.18. The number of carbonyl (C=O) groups excluding carboxylic acids is 1. The van der Waals surface area contributed by atoms with Crippen molar-refractivity contribution in [2.45, 2.75) is 13.1 Å². The second-order valence-electron chi connectivity index (χ2n) is 8.40. The van der Waals surface area contributed by atoms with Crippen LogP contribution in [0.5, 0.6) is 23.0 Å². The summed E-state index contributed by atoms with van der Waals surface area (Å²) in [6, 6.07) is 17.1. The Balaban J connectivity index is 1.47. The maximum atomic E-state index is 13.4. The summed E-state index contributed by atoms with van der Waals surface area (Å²) in [6.07, 6.45) is 0. The molecule has 0 spiro atoms. The van der Waals surface area contributed by atoms with E-state index in [9.17, 15) is 9.59 Å². The van der Waals surface area contributed by atoms with Gasteiger partial charge in [0.15, 0.2) is 23.0 Å². The van der Waals surface area contributed by atoms with Gasteiger partial charge < -0.3 is 34.1 Å². The summed E-state index contributed by atoms with van der Waals surface area (Å²) in [7, 11) is 3.08. The van der Waals surface area contributed by atoms with Crippen LogP contribution in [-0.2, 0) is 13.1 Å². The number of fused-ring (bicyclic) bond motifs is 2. The normalized spacial score (nSPS) is 11.9. The molecule has 0 saturated heterocycles. The van der Waals surface area contributed by atoms with E-state index >= 15 is 0 Å². The minimum absolute atomic E-state index is 0.0491. The van der Waals surface area contributed by atoms with Crippen LogP contribution in [-0.4, -0.2) is 36.9 Å². The van der Waals surface area contributed by atoms with E-state index in [0.717, 1.165) is 10.9 Å². The lowest BCUT2D eigenvalue weighted by Gasteiger charge is -2.23. The highest BCUT2D eigenvalue weighted by Gasteiger charge is 2.20. The molecule has 4 aromatic rings. The minimum atomic E-state index is -0.383. The standard InChI is InChI=1S/C27H24ClN3O6/c1-34-23-11-17-10-18(26(32)30-21(17)12-24(23)35-2)14-31(27(33)29-20-6-4-19(28)5-7-20)13-16-3-8-22-25(9-16)37-15-36-22/h3-12H,13-15H2,1-2H3,(H,29,33)(H,30,32). The van der Waals surface area contributed by atoms with Crippen molar-refractivity contribution < 1.29 is 23.7 Å². The largest absolute Gasteiger partial charge is 0.493 e. The maximum Gasteiger partial charge on any atom is 0.322 e. The average molecular weight is 522 g/mol. The van der Waals surface area contributed by atoms with Crippen molar-refractivity contribution in [3.63, 3.8) is 0 Å². The number of hydrogen-bond donors (Lipinski definition) is 2. The number of aromatic amines is 1. The fourth-order valence-corrected chi connectivity index (χ4v) is 4.22. The number of hydrogen-bond acceptors (Lipinski definition) is 6. The van der Waals surface area contributed by atoms with Gasteiger partial charge in [-0.05, 0) is 54.1 Å². The zero-order valence-electron chi connectivity index (χ0n) is 20.2. The molecule has 0 unspecified atom stereocenters. The van der Waals surface area contributed by atoms with Gasteiger partial charge >= 0.3 is 6.03 Å². The summed E-state index contributed by atoms with van der Waals surface area (Å²) in [5.41, 5.74) is 2.09. The first kappa shape index (κ1) is 24.3. The van der Waals surface area contributed by atoms with Crippen molar-refractivity contribution in [1.29, 1.82) is 0 Å². The number of aromatic nitrogens is 1. The zero-order valence-corrected chi connectivity index (χ0v) is 20.9. The van der Waals surface area contributed by atoms with Gasteiger partial charge in [-0.1, -0.05) is 17.7 Å². The molecule has 37 heavy (non-hydrogen) atoms. The topological polar surface area (TPSA) is 102 Å². The van der Waals surface area contributed by atoms with Crippen LogP contribution in [0.15, 0.2) is 65.5 Å². The average Bonchev–Trinajstić information content (AvgIpc) is 3.37. The number of nitrogens with one attached hydrogen (secondary N) is 2. The highest BCUT2D eigenvalue weighted by Crippen LogP contribution is 2.33. The van der Waals surface area contributed by atoms with E-state index < -0.39 is 0 Å².